The van der Waals surface area contributed by atoms with Gasteiger partial charge in [-0.2, -0.15) is 0 Å². The first-order valence-electron chi connectivity index (χ1n) is 12.4. The van der Waals surface area contributed by atoms with E-state index in [0.717, 1.165) is 44.8 Å². The summed E-state index contributed by atoms with van der Waals surface area (Å²) in [5, 5.41) is 3.32. The highest BCUT2D eigenvalue weighted by Gasteiger charge is 2.28. The van der Waals surface area contributed by atoms with Gasteiger partial charge in [0.15, 0.2) is 0 Å². The number of para-hydroxylation sites is 1. The fraction of sp³-hybridized carbons (Fsp3) is 0.556. The maximum absolute atomic E-state index is 10.7. The van der Waals surface area contributed by atoms with Gasteiger partial charge >= 0.3 is 0 Å². The fourth-order valence-corrected chi connectivity index (χ4v) is 4.30. The zero-order valence-electron chi connectivity index (χ0n) is 20.7. The highest BCUT2D eigenvalue weighted by molar-refractivity contribution is 5.77. The molecule has 0 unspecified atom stereocenters. The van der Waals surface area contributed by atoms with E-state index in [1.54, 1.807) is 18.5 Å². The van der Waals surface area contributed by atoms with E-state index < -0.39 is 0 Å². The predicted molar refractivity (Wildman–Crippen MR) is 141 cm³/mol. The number of amides is 1. The molecule has 2 saturated heterocycles. The van der Waals surface area contributed by atoms with Crippen LogP contribution in [0.5, 0.6) is 0 Å². The Morgan fingerprint density at radius 3 is 2.36 bits per heavy atom. The molecule has 3 heterocycles. The van der Waals surface area contributed by atoms with Crippen molar-refractivity contribution in [3.8, 4) is 0 Å². The first-order chi connectivity index (χ1) is 16.1. The van der Waals surface area contributed by atoms with Gasteiger partial charge in [-0.25, -0.2) is 0 Å². The number of allylic oxidation sites excluding steroid dienone is 3. The third-order valence-electron chi connectivity index (χ3n) is 6.43. The number of benzene rings is 1. The molecule has 3 aliphatic rings. The number of carbonyl (C=O) groups excluding carboxylic acids is 1. The van der Waals surface area contributed by atoms with Crippen LogP contribution in [0.3, 0.4) is 0 Å². The second-order valence-corrected chi connectivity index (χ2v) is 8.93. The molecule has 1 amide bonds. The molecular formula is C27H43N5O. The highest BCUT2D eigenvalue weighted by atomic mass is 16.1. The number of nitrogens with one attached hydrogen (secondary N) is 1. The van der Waals surface area contributed by atoms with Gasteiger partial charge < -0.3 is 20.9 Å². The lowest BCUT2D eigenvalue weighted by atomic mass is 10.0. The Morgan fingerprint density at radius 2 is 1.79 bits per heavy atom. The standard InChI is InChI=1S/C14H18N2O.C7H12N2.C6H13N/c17-11-15-8-6-13(7-9-15)16-10-5-12-3-1-2-4-14(12)16;1-3-5-9-6-7(8)4-2;1-6-2-4-7-5-3-6/h1-4,11,13H,5-10H2;3-6H,8H2,1-2H3;6-7H,2-5H2,1H3/b;5-3-,7-4-,9-6-;. The van der Waals surface area contributed by atoms with Crippen LogP contribution in [0.4, 0.5) is 5.69 Å². The molecule has 1 aromatic rings. The molecule has 2 fully saturated rings. The number of rotatable bonds is 4. The maximum Gasteiger partial charge on any atom is 0.209 e. The van der Waals surface area contributed by atoms with E-state index >= 15 is 0 Å². The van der Waals surface area contributed by atoms with Crippen molar-refractivity contribution < 1.29 is 4.79 Å². The summed E-state index contributed by atoms with van der Waals surface area (Å²) in [7, 11) is 0. The van der Waals surface area contributed by atoms with Gasteiger partial charge in [0.25, 0.3) is 0 Å². The van der Waals surface area contributed by atoms with Crippen LogP contribution in [0.2, 0.25) is 0 Å². The Bertz CT molecular complexity index is 774. The summed E-state index contributed by atoms with van der Waals surface area (Å²) < 4.78 is 0. The molecule has 3 aliphatic heterocycles. The average molecular weight is 454 g/mol. The van der Waals surface area contributed by atoms with E-state index in [-0.39, 0.29) is 0 Å². The lowest BCUT2D eigenvalue weighted by Crippen LogP contribution is -2.43. The lowest BCUT2D eigenvalue weighted by Gasteiger charge is -2.36. The molecule has 0 aromatic heterocycles. The van der Waals surface area contributed by atoms with E-state index in [0.29, 0.717) is 11.7 Å². The van der Waals surface area contributed by atoms with Crippen molar-refractivity contribution in [1.29, 1.82) is 0 Å². The molecule has 4 rings (SSSR count). The quantitative estimate of drug-likeness (QED) is 0.531. The molecule has 0 radical (unpaired) electrons. The molecular weight excluding hydrogens is 410 g/mol. The summed E-state index contributed by atoms with van der Waals surface area (Å²) in [5.74, 6) is 0.973. The number of likely N-dealkylation sites (tertiary alicyclic amines) is 1. The van der Waals surface area contributed by atoms with Gasteiger partial charge in [-0.15, -0.1) is 0 Å². The third-order valence-corrected chi connectivity index (χ3v) is 6.43. The Labute approximate surface area is 200 Å². The van der Waals surface area contributed by atoms with Crippen LogP contribution in [0.15, 0.2) is 53.3 Å². The molecule has 1 aromatic carbocycles. The third kappa shape index (κ3) is 9.42. The van der Waals surface area contributed by atoms with E-state index in [2.05, 4.69) is 46.4 Å². The lowest BCUT2D eigenvalue weighted by molar-refractivity contribution is -0.119. The first-order valence-corrected chi connectivity index (χ1v) is 12.4. The van der Waals surface area contributed by atoms with E-state index in [4.69, 9.17) is 5.73 Å². The number of carbonyl (C=O) groups is 1. The topological polar surface area (TPSA) is 74.0 Å². The van der Waals surface area contributed by atoms with Crippen LogP contribution in [0.1, 0.15) is 52.0 Å². The smallest absolute Gasteiger partial charge is 0.209 e. The number of piperidine rings is 2. The van der Waals surface area contributed by atoms with Gasteiger partial charge in [-0.1, -0.05) is 37.3 Å². The van der Waals surface area contributed by atoms with Crippen molar-refractivity contribution in [2.45, 2.75) is 58.9 Å². The van der Waals surface area contributed by atoms with Crippen molar-refractivity contribution in [1.82, 2.24) is 10.2 Å². The molecule has 0 bridgehead atoms. The van der Waals surface area contributed by atoms with E-state index in [1.807, 2.05) is 24.8 Å². The monoisotopic (exact) mass is 453 g/mol. The number of nitrogens with two attached hydrogens (primary N) is 1. The second kappa shape index (κ2) is 15.3. The Kier molecular flexibility index (Phi) is 12.3. The van der Waals surface area contributed by atoms with Crippen LogP contribution >= 0.6 is 0 Å². The van der Waals surface area contributed by atoms with Gasteiger partial charge in [0, 0.05) is 49.5 Å². The number of aliphatic imine (C=N–C) groups is 1. The second-order valence-electron chi connectivity index (χ2n) is 8.93. The fourth-order valence-electron chi connectivity index (χ4n) is 4.30. The molecule has 6 heteroatoms. The average Bonchev–Trinajstić information content (AvgIpc) is 3.30. The summed E-state index contributed by atoms with van der Waals surface area (Å²) in [6, 6.07) is 9.33. The van der Waals surface area contributed by atoms with Gasteiger partial charge in [0.1, 0.15) is 0 Å². The molecule has 6 nitrogen and oxygen atoms in total. The van der Waals surface area contributed by atoms with Crippen molar-refractivity contribution in [3.05, 3.63) is 53.9 Å². The number of fused-ring (bicyclic) bond motifs is 1. The summed E-state index contributed by atoms with van der Waals surface area (Å²) in [4.78, 5) is 19.0. The SMILES string of the molecule is CC1CCNCC1.C\C=C/N=C\C(N)=C\C.O=CN1CCC(N2CCc3ccccc32)CC1. The van der Waals surface area contributed by atoms with Gasteiger partial charge in [0.05, 0.1) is 0 Å². The molecule has 3 N–H and O–H groups in total. The van der Waals surface area contributed by atoms with Crippen molar-refractivity contribution >= 4 is 18.3 Å². The number of hydrogen-bond acceptors (Lipinski definition) is 5. The normalized spacial score (nSPS) is 19.7. The highest BCUT2D eigenvalue weighted by Crippen LogP contribution is 2.32. The van der Waals surface area contributed by atoms with E-state index in [9.17, 15) is 4.79 Å². The molecule has 182 valence electrons. The molecule has 0 spiro atoms. The van der Waals surface area contributed by atoms with Crippen LogP contribution in [-0.4, -0.2) is 56.3 Å². The summed E-state index contributed by atoms with van der Waals surface area (Å²) in [6.07, 6.45) is 14.1. The van der Waals surface area contributed by atoms with Crippen LogP contribution < -0.4 is 16.0 Å². The number of nitrogens with zero attached hydrogens (tertiary/aromatic N) is 3. The van der Waals surface area contributed by atoms with Crippen molar-refractivity contribution in [2.75, 3.05) is 37.6 Å². The first kappa shape index (κ1) is 26.7. The Balaban J connectivity index is 0.000000203. The van der Waals surface area contributed by atoms with Gasteiger partial charge in [-0.05, 0) is 76.6 Å². The van der Waals surface area contributed by atoms with Gasteiger partial charge in [0.2, 0.25) is 6.41 Å². The predicted octanol–water partition coefficient (Wildman–Crippen LogP) is 4.13. The zero-order valence-corrected chi connectivity index (χ0v) is 20.7. The summed E-state index contributed by atoms with van der Waals surface area (Å²) in [6.45, 7) is 11.5. The molecule has 0 saturated carbocycles. The van der Waals surface area contributed by atoms with E-state index in [1.165, 1.54) is 43.6 Å². The Hall–Kier alpha value is -2.60. The number of anilines is 1. The maximum atomic E-state index is 10.7. The van der Waals surface area contributed by atoms with Crippen LogP contribution in [0.25, 0.3) is 0 Å². The largest absolute Gasteiger partial charge is 0.398 e. The minimum atomic E-state index is 0.620. The minimum absolute atomic E-state index is 0.620. The van der Waals surface area contributed by atoms with Crippen LogP contribution in [-0.2, 0) is 11.2 Å². The van der Waals surface area contributed by atoms with Gasteiger partial charge in [-0.3, -0.25) is 9.79 Å². The summed E-state index contributed by atoms with van der Waals surface area (Å²) in [5.41, 5.74) is 8.97. The zero-order chi connectivity index (χ0) is 23.9. The Morgan fingerprint density at radius 1 is 1.09 bits per heavy atom. The summed E-state index contributed by atoms with van der Waals surface area (Å²) >= 11 is 0. The molecule has 0 atom stereocenters. The molecule has 33 heavy (non-hydrogen) atoms. The van der Waals surface area contributed by atoms with Crippen LogP contribution in [0, 0.1) is 5.92 Å². The minimum Gasteiger partial charge on any atom is -0.398 e. The molecule has 0 aliphatic carbocycles. The van der Waals surface area contributed by atoms with Crippen molar-refractivity contribution in [3.63, 3.8) is 0 Å². The number of hydrogen-bond donors (Lipinski definition) is 2. The van der Waals surface area contributed by atoms with Crippen molar-refractivity contribution in [2.24, 2.45) is 16.6 Å².